The Kier molecular flexibility index (Phi) is 3.79. The third-order valence-electron chi connectivity index (χ3n) is 4.38. The Hall–Kier alpha value is -3.84. The molecule has 4 rings (SSSR count). The maximum absolute atomic E-state index is 14.0. The van der Waals surface area contributed by atoms with Crippen molar-refractivity contribution in [3.05, 3.63) is 68.8 Å². The average molecular weight is 437 g/mol. The van der Waals surface area contributed by atoms with Crippen LogP contribution in [0.1, 0.15) is 36.6 Å². The molecule has 0 saturated carbocycles. The van der Waals surface area contributed by atoms with Crippen LogP contribution in [-0.4, -0.2) is 38.4 Å². The van der Waals surface area contributed by atoms with Crippen LogP contribution in [0.4, 0.5) is 35.1 Å². The number of aliphatic hydroxyl groups is 1. The molecule has 2 heterocycles. The monoisotopic (exact) mass is 437 g/mol. The summed E-state index contributed by atoms with van der Waals surface area (Å²) < 4.78 is 109. The number of hydrazine groups is 1. The number of amides is 3. The van der Waals surface area contributed by atoms with Gasteiger partial charge in [-0.05, 0) is 5.01 Å². The van der Waals surface area contributed by atoms with Gasteiger partial charge in [-0.25, -0.2) is 39.9 Å². The molecule has 0 radical (unpaired) electrons. The number of fused-ring (bicyclic) bond motifs is 2. The molecule has 3 amide bonds. The van der Waals surface area contributed by atoms with Crippen LogP contribution in [0.3, 0.4) is 0 Å². The van der Waals surface area contributed by atoms with Crippen LogP contribution in [-0.2, 0) is 0 Å². The maximum atomic E-state index is 14.0. The fourth-order valence-corrected chi connectivity index (χ4v) is 3.06. The molecule has 30 heavy (non-hydrogen) atoms. The molecule has 0 aromatic heterocycles. The van der Waals surface area contributed by atoms with Gasteiger partial charge in [-0.15, -0.1) is 0 Å². The Morgan fingerprint density at radius 2 is 0.867 bits per heavy atom. The van der Waals surface area contributed by atoms with E-state index in [1.807, 2.05) is 0 Å². The number of nitrogens with zero attached hydrogens (tertiary/aromatic N) is 2. The molecule has 154 valence electrons. The number of carbonyl (C=O) groups is 3. The largest absolute Gasteiger partial charge is 0.457 e. The van der Waals surface area contributed by atoms with Crippen molar-refractivity contribution in [1.82, 2.24) is 5.01 Å². The zero-order chi connectivity index (χ0) is 22.4. The van der Waals surface area contributed by atoms with E-state index in [-0.39, 0.29) is 0 Å². The van der Waals surface area contributed by atoms with Crippen molar-refractivity contribution < 1.29 is 59.3 Å². The second kappa shape index (κ2) is 5.84. The molecule has 6 nitrogen and oxygen atoms in total. The van der Waals surface area contributed by atoms with E-state index in [0.717, 1.165) is 0 Å². The van der Waals surface area contributed by atoms with Crippen molar-refractivity contribution >= 4 is 23.6 Å². The molecule has 1 N–H and O–H groups in total. The average Bonchev–Trinajstić information content (AvgIpc) is 3.11. The van der Waals surface area contributed by atoms with Gasteiger partial charge in [0.05, 0.1) is 0 Å². The lowest BCUT2D eigenvalue weighted by Gasteiger charge is -2.05. The number of halogens is 8. The summed E-state index contributed by atoms with van der Waals surface area (Å²) >= 11 is 0. The highest BCUT2D eigenvalue weighted by Crippen LogP contribution is 2.35. The standard InChI is InChI=1S/C16F8N2O4/c17-5-1-2(6(18)10(22)9(5)21)14(28)25(13(1)27)26-15(29)3-4(16(26)30)8(20)12(24)11(23)7(3)19/p+1. The van der Waals surface area contributed by atoms with Gasteiger partial charge in [0.2, 0.25) is 0 Å². The predicted octanol–water partition coefficient (Wildman–Crippen LogP) is 2.48. The minimum Gasteiger partial charge on any atom is -0.457 e. The van der Waals surface area contributed by atoms with Crippen LogP contribution in [0.2, 0.25) is 0 Å². The van der Waals surface area contributed by atoms with Crippen molar-refractivity contribution in [2.75, 3.05) is 0 Å². The summed E-state index contributed by atoms with van der Waals surface area (Å²) in [6.07, 6.45) is 0. The first kappa shape index (κ1) is 19.5. The molecular formula is C16HF8N2O4+. The van der Waals surface area contributed by atoms with Gasteiger partial charge in [-0.1, -0.05) is 0 Å². The molecule has 2 aromatic carbocycles. The van der Waals surface area contributed by atoms with Gasteiger partial charge in [-0.3, -0.25) is 9.59 Å². The van der Waals surface area contributed by atoms with Gasteiger partial charge in [0.1, 0.15) is 16.7 Å². The van der Waals surface area contributed by atoms with Crippen LogP contribution >= 0.6 is 0 Å². The second-order valence-electron chi connectivity index (χ2n) is 5.87. The molecule has 0 saturated heterocycles. The zero-order valence-corrected chi connectivity index (χ0v) is 13.6. The van der Waals surface area contributed by atoms with Crippen LogP contribution in [0.25, 0.3) is 0 Å². The molecule has 2 aromatic rings. The smallest absolute Gasteiger partial charge is 0.455 e. The van der Waals surface area contributed by atoms with Crippen molar-refractivity contribution in [3.63, 3.8) is 0 Å². The van der Waals surface area contributed by atoms with Crippen LogP contribution in [0, 0.1) is 46.5 Å². The lowest BCUT2D eigenvalue weighted by molar-refractivity contribution is -0.564. The summed E-state index contributed by atoms with van der Waals surface area (Å²) in [5.74, 6) is -27.1. The van der Waals surface area contributed by atoms with Gasteiger partial charge < -0.3 is 5.11 Å². The van der Waals surface area contributed by atoms with Crippen molar-refractivity contribution in [3.8, 4) is 0 Å². The van der Waals surface area contributed by atoms with Crippen molar-refractivity contribution in [1.29, 1.82) is 0 Å². The van der Waals surface area contributed by atoms with E-state index >= 15 is 0 Å². The van der Waals surface area contributed by atoms with Gasteiger partial charge >= 0.3 is 23.6 Å². The van der Waals surface area contributed by atoms with Gasteiger partial charge in [0.25, 0.3) is 0 Å². The summed E-state index contributed by atoms with van der Waals surface area (Å²) in [5, 5.41) is 9.40. The Morgan fingerprint density at radius 3 is 1.27 bits per heavy atom. The summed E-state index contributed by atoms with van der Waals surface area (Å²) in [4.78, 5) is 37.0. The third kappa shape index (κ3) is 2.02. The highest BCUT2D eigenvalue weighted by molar-refractivity contribution is 6.22. The Bertz CT molecular complexity index is 1260. The molecule has 14 heteroatoms. The van der Waals surface area contributed by atoms with Gasteiger partial charge in [-0.2, -0.15) is 0 Å². The number of benzene rings is 2. The molecule has 2 aliphatic rings. The lowest BCUT2D eigenvalue weighted by Crippen LogP contribution is -2.44. The minimum atomic E-state index is -2.49. The van der Waals surface area contributed by atoms with Crippen molar-refractivity contribution in [2.45, 2.75) is 0 Å². The topological polar surface area (TPSA) is 77.7 Å². The molecule has 0 spiro atoms. The van der Waals surface area contributed by atoms with Crippen LogP contribution in [0.5, 0.6) is 0 Å². The zero-order valence-electron chi connectivity index (χ0n) is 13.6. The van der Waals surface area contributed by atoms with Gasteiger partial charge in [0.15, 0.2) is 52.1 Å². The number of hydrogen-bond donors (Lipinski definition) is 1. The van der Waals surface area contributed by atoms with E-state index in [9.17, 15) is 54.6 Å². The molecule has 0 unspecified atom stereocenters. The summed E-state index contributed by atoms with van der Waals surface area (Å²) in [6.45, 7) is 0. The quantitative estimate of drug-likeness (QED) is 0.245. The first-order chi connectivity index (χ1) is 13.9. The first-order valence-corrected chi connectivity index (χ1v) is 7.44. The highest BCUT2D eigenvalue weighted by atomic mass is 19.2. The SMILES string of the molecule is O=C1c2c(F)c(F)c(F)c(F)c2C(=O)N1[N+]1=C(O)c2c(F)c(F)c(F)c(F)c2C1=O. The van der Waals surface area contributed by atoms with Crippen LogP contribution < -0.4 is 0 Å². The van der Waals surface area contributed by atoms with E-state index in [0.29, 0.717) is 0 Å². The Balaban J connectivity index is 1.99. The van der Waals surface area contributed by atoms with E-state index in [4.69, 9.17) is 0 Å². The normalized spacial score (nSPS) is 15.5. The molecule has 0 fully saturated rings. The van der Waals surface area contributed by atoms with E-state index in [1.54, 1.807) is 0 Å². The number of aliphatic hydroxyl groups excluding tert-OH is 1. The fourth-order valence-electron chi connectivity index (χ4n) is 3.06. The number of rotatable bonds is 1. The van der Waals surface area contributed by atoms with E-state index in [1.165, 1.54) is 0 Å². The third-order valence-corrected chi connectivity index (χ3v) is 4.38. The summed E-state index contributed by atoms with van der Waals surface area (Å²) in [7, 11) is 0. The number of imide groups is 1. The molecular weight excluding hydrogens is 436 g/mol. The summed E-state index contributed by atoms with van der Waals surface area (Å²) in [5.41, 5.74) is -6.64. The van der Waals surface area contributed by atoms with E-state index < -0.39 is 102 Å². The van der Waals surface area contributed by atoms with Crippen molar-refractivity contribution in [2.24, 2.45) is 0 Å². The minimum absolute atomic E-state index is 0.547. The van der Waals surface area contributed by atoms with E-state index in [2.05, 4.69) is 0 Å². The predicted molar refractivity (Wildman–Crippen MR) is 74.4 cm³/mol. The van der Waals surface area contributed by atoms with Crippen LogP contribution in [0.15, 0.2) is 0 Å². The summed E-state index contributed by atoms with van der Waals surface area (Å²) in [6, 6.07) is 0. The molecule has 2 aliphatic heterocycles. The number of carbonyl (C=O) groups excluding carboxylic acids is 3. The Morgan fingerprint density at radius 1 is 0.533 bits per heavy atom. The molecule has 0 atom stereocenters. The fraction of sp³-hybridized carbons (Fsp3) is 0. The molecule has 0 aliphatic carbocycles. The first-order valence-electron chi connectivity index (χ1n) is 7.44. The van der Waals surface area contributed by atoms with Gasteiger partial charge in [0, 0.05) is 4.68 Å². The Labute approximate surface area is 157 Å². The number of hydrogen-bond acceptors (Lipinski definition) is 3. The maximum Gasteiger partial charge on any atom is 0.455 e. The highest BCUT2D eigenvalue weighted by Gasteiger charge is 2.58. The number of hydrazone groups is 1. The second-order valence-corrected chi connectivity index (χ2v) is 5.87. The molecule has 0 bridgehead atoms. The lowest BCUT2D eigenvalue weighted by atomic mass is 10.1.